The van der Waals surface area contributed by atoms with E-state index in [1.807, 2.05) is 0 Å². The van der Waals surface area contributed by atoms with Gasteiger partial charge in [0.05, 0.1) is 39.8 Å². The Morgan fingerprint density at radius 2 is 1.62 bits per heavy atom. The molecule has 0 unspecified atom stereocenters. The molecule has 8 nitrogen and oxygen atoms in total. The molecule has 2 aromatic carbocycles. The van der Waals surface area contributed by atoms with Crippen LogP contribution in [-0.4, -0.2) is 40.8 Å². The van der Waals surface area contributed by atoms with Gasteiger partial charge in [-0.05, 0) is 29.3 Å². The number of fused-ring (bicyclic) bond motifs is 1. The van der Waals surface area contributed by atoms with Gasteiger partial charge in [0, 0.05) is 17.8 Å². The van der Waals surface area contributed by atoms with Crippen LogP contribution in [0.4, 0.5) is 24.7 Å². The molecule has 0 fully saturated rings. The van der Waals surface area contributed by atoms with Crippen LogP contribution in [0.3, 0.4) is 0 Å². The Hall–Kier alpha value is -3.73. The molecule has 0 atom stereocenters. The lowest BCUT2D eigenvalue weighted by Crippen LogP contribution is -2.06. The molecule has 0 amide bonds. The number of nitrogens with zero attached hydrogens (tertiary/aromatic N) is 4. The third-order valence-electron chi connectivity index (χ3n) is 5.00. The predicted molar refractivity (Wildman–Crippen MR) is 120 cm³/mol. The number of rotatable bonds is 7. The van der Waals surface area contributed by atoms with E-state index in [2.05, 4.69) is 20.3 Å². The molecule has 4 aromatic rings. The molecule has 0 aliphatic heterocycles. The van der Waals surface area contributed by atoms with Gasteiger partial charge in [-0.2, -0.15) is 23.1 Å². The van der Waals surface area contributed by atoms with Crippen molar-refractivity contribution < 1.29 is 27.4 Å². The van der Waals surface area contributed by atoms with Crippen LogP contribution in [0.5, 0.6) is 17.2 Å². The summed E-state index contributed by atoms with van der Waals surface area (Å²) in [5.41, 5.74) is 1.33. The number of methoxy groups -OCH3 is 3. The third kappa shape index (κ3) is 4.65. The van der Waals surface area contributed by atoms with E-state index in [0.29, 0.717) is 45.5 Å². The van der Waals surface area contributed by atoms with E-state index in [9.17, 15) is 13.2 Å². The molecule has 0 radical (unpaired) electrons. The molecule has 2 aromatic heterocycles. The zero-order chi connectivity index (χ0) is 24.5. The second-order valence-electron chi connectivity index (χ2n) is 7.12. The summed E-state index contributed by atoms with van der Waals surface area (Å²) < 4.78 is 56.3. The highest BCUT2D eigenvalue weighted by molar-refractivity contribution is 6.28. The van der Waals surface area contributed by atoms with E-state index in [1.165, 1.54) is 39.8 Å². The number of benzene rings is 2. The average Bonchev–Trinajstić information content (AvgIpc) is 3.20. The van der Waals surface area contributed by atoms with Crippen LogP contribution >= 0.6 is 11.6 Å². The number of ether oxygens (including phenoxy) is 3. The van der Waals surface area contributed by atoms with E-state index >= 15 is 0 Å². The summed E-state index contributed by atoms with van der Waals surface area (Å²) in [5.74, 6) is 1.64. The van der Waals surface area contributed by atoms with Crippen LogP contribution in [0, 0.1) is 0 Å². The van der Waals surface area contributed by atoms with Gasteiger partial charge in [0.15, 0.2) is 28.5 Å². The zero-order valence-corrected chi connectivity index (χ0v) is 19.0. The summed E-state index contributed by atoms with van der Waals surface area (Å²) in [6.45, 7) is 0.242. The quantitative estimate of drug-likeness (QED) is 0.349. The number of nitrogens with one attached hydrogen (secondary N) is 1. The predicted octanol–water partition coefficient (Wildman–Crippen LogP) is 5.32. The van der Waals surface area contributed by atoms with Gasteiger partial charge >= 0.3 is 6.18 Å². The number of halogens is 4. The SMILES string of the molecule is COc1cc(Nc2nc(Cl)nc3c2ncn3Cc2ccc(C(F)(F)F)cc2)cc(OC)c1OC. The van der Waals surface area contributed by atoms with Crippen LogP contribution in [0.1, 0.15) is 11.1 Å². The number of alkyl halides is 3. The standard InChI is InChI=1S/C22H19ClF3N5O3/c1-32-15-8-14(9-16(33-2)18(15)34-3)28-19-17-20(30-21(23)29-19)31(11-27-17)10-12-4-6-13(7-5-12)22(24,25)26/h4-9,11H,10H2,1-3H3,(H,28,29,30). The largest absolute Gasteiger partial charge is 0.493 e. The van der Waals surface area contributed by atoms with Gasteiger partial charge in [-0.3, -0.25) is 0 Å². The van der Waals surface area contributed by atoms with E-state index in [4.69, 9.17) is 25.8 Å². The molecular weight excluding hydrogens is 475 g/mol. The van der Waals surface area contributed by atoms with Crippen molar-refractivity contribution >= 4 is 34.3 Å². The number of hydrogen-bond donors (Lipinski definition) is 1. The first-order valence-electron chi connectivity index (χ1n) is 9.85. The van der Waals surface area contributed by atoms with Crippen molar-refractivity contribution in [2.75, 3.05) is 26.6 Å². The Kier molecular flexibility index (Phi) is 6.38. The Labute approximate surface area is 197 Å². The van der Waals surface area contributed by atoms with Crippen molar-refractivity contribution in [3.05, 3.63) is 59.1 Å². The molecule has 34 heavy (non-hydrogen) atoms. The van der Waals surface area contributed by atoms with Crippen LogP contribution in [-0.2, 0) is 12.7 Å². The molecule has 0 aliphatic carbocycles. The molecule has 2 heterocycles. The lowest BCUT2D eigenvalue weighted by atomic mass is 10.1. The van der Waals surface area contributed by atoms with E-state index in [-0.39, 0.29) is 11.8 Å². The van der Waals surface area contributed by atoms with Gasteiger partial charge in [0.2, 0.25) is 11.0 Å². The van der Waals surface area contributed by atoms with Crippen molar-refractivity contribution in [1.29, 1.82) is 0 Å². The highest BCUT2D eigenvalue weighted by Crippen LogP contribution is 2.41. The van der Waals surface area contributed by atoms with Gasteiger partial charge in [0.1, 0.15) is 0 Å². The molecule has 12 heteroatoms. The van der Waals surface area contributed by atoms with Crippen molar-refractivity contribution in [1.82, 2.24) is 19.5 Å². The van der Waals surface area contributed by atoms with Crippen molar-refractivity contribution in [3.63, 3.8) is 0 Å². The second-order valence-corrected chi connectivity index (χ2v) is 7.46. The normalized spacial score (nSPS) is 11.5. The Morgan fingerprint density at radius 3 is 2.18 bits per heavy atom. The summed E-state index contributed by atoms with van der Waals surface area (Å²) in [6, 6.07) is 8.28. The Bertz CT molecular complexity index is 1300. The van der Waals surface area contributed by atoms with Crippen molar-refractivity contribution in [2.24, 2.45) is 0 Å². The van der Waals surface area contributed by atoms with E-state index in [1.54, 1.807) is 16.7 Å². The first-order valence-corrected chi connectivity index (χ1v) is 10.2. The lowest BCUT2D eigenvalue weighted by molar-refractivity contribution is -0.137. The minimum absolute atomic E-state index is 0.0309. The minimum Gasteiger partial charge on any atom is -0.493 e. The second kappa shape index (κ2) is 9.26. The maximum Gasteiger partial charge on any atom is 0.416 e. The summed E-state index contributed by atoms with van der Waals surface area (Å²) in [7, 11) is 4.51. The fraction of sp³-hybridized carbons (Fsp3) is 0.227. The highest BCUT2D eigenvalue weighted by atomic mass is 35.5. The van der Waals surface area contributed by atoms with Gasteiger partial charge < -0.3 is 24.1 Å². The average molecular weight is 494 g/mol. The fourth-order valence-electron chi connectivity index (χ4n) is 3.41. The van der Waals surface area contributed by atoms with Crippen molar-refractivity contribution in [3.8, 4) is 17.2 Å². The van der Waals surface area contributed by atoms with Gasteiger partial charge in [0.25, 0.3) is 0 Å². The van der Waals surface area contributed by atoms with E-state index in [0.717, 1.165) is 12.1 Å². The smallest absolute Gasteiger partial charge is 0.416 e. The minimum atomic E-state index is -4.39. The molecule has 0 spiro atoms. The van der Waals surface area contributed by atoms with Crippen LogP contribution in [0.25, 0.3) is 11.2 Å². The summed E-state index contributed by atoms with van der Waals surface area (Å²) in [4.78, 5) is 12.9. The fourth-order valence-corrected chi connectivity index (χ4v) is 3.57. The first-order chi connectivity index (χ1) is 16.2. The molecule has 4 rings (SSSR count). The van der Waals surface area contributed by atoms with Crippen LogP contribution in [0.15, 0.2) is 42.7 Å². The van der Waals surface area contributed by atoms with Gasteiger partial charge in [-0.15, -0.1) is 0 Å². The highest BCUT2D eigenvalue weighted by Gasteiger charge is 2.30. The molecule has 0 bridgehead atoms. The molecule has 0 aliphatic rings. The maximum atomic E-state index is 12.8. The van der Waals surface area contributed by atoms with Gasteiger partial charge in [-0.25, -0.2) is 4.98 Å². The summed E-state index contributed by atoms with van der Waals surface area (Å²) >= 11 is 6.16. The summed E-state index contributed by atoms with van der Waals surface area (Å²) in [6.07, 6.45) is -2.87. The molecule has 178 valence electrons. The molecule has 1 N–H and O–H groups in total. The van der Waals surface area contributed by atoms with Crippen molar-refractivity contribution in [2.45, 2.75) is 12.7 Å². The maximum absolute atomic E-state index is 12.8. The third-order valence-corrected chi connectivity index (χ3v) is 5.17. The Morgan fingerprint density at radius 1 is 0.971 bits per heavy atom. The number of hydrogen-bond acceptors (Lipinski definition) is 7. The van der Waals surface area contributed by atoms with Gasteiger partial charge in [-0.1, -0.05) is 12.1 Å². The number of imidazole rings is 1. The number of anilines is 2. The topological polar surface area (TPSA) is 83.3 Å². The lowest BCUT2D eigenvalue weighted by Gasteiger charge is -2.15. The molecule has 0 saturated carbocycles. The molecular formula is C22H19ClF3N5O3. The monoisotopic (exact) mass is 493 g/mol. The first kappa shape index (κ1) is 23.4. The van der Waals surface area contributed by atoms with E-state index < -0.39 is 11.7 Å². The van der Waals surface area contributed by atoms with Crippen LogP contribution in [0.2, 0.25) is 5.28 Å². The number of aromatic nitrogens is 4. The summed E-state index contributed by atoms with van der Waals surface area (Å²) in [5, 5.41) is 3.11. The molecule has 0 saturated heterocycles. The van der Waals surface area contributed by atoms with Crippen LogP contribution < -0.4 is 19.5 Å². The Balaban J connectivity index is 1.68. The zero-order valence-electron chi connectivity index (χ0n) is 18.3.